The van der Waals surface area contributed by atoms with Crippen LogP contribution in [0.4, 0.5) is 0 Å². The zero-order valence-electron chi connectivity index (χ0n) is 15.0. The molecule has 2 aromatic carbocycles. The summed E-state index contributed by atoms with van der Waals surface area (Å²) in [6.45, 7) is 1.55. The SMILES string of the molecule is Cc1c(OCC(N)=O)ccc2c1O/C(=C\c1cn(C)c3ccccc13)C2=O. The van der Waals surface area contributed by atoms with E-state index in [4.69, 9.17) is 15.2 Å². The Labute approximate surface area is 155 Å². The number of fused-ring (bicyclic) bond motifs is 2. The van der Waals surface area contributed by atoms with Gasteiger partial charge in [-0.25, -0.2) is 0 Å². The molecule has 2 heterocycles. The molecule has 1 aromatic heterocycles. The van der Waals surface area contributed by atoms with Gasteiger partial charge in [-0.1, -0.05) is 18.2 Å². The van der Waals surface area contributed by atoms with Gasteiger partial charge >= 0.3 is 0 Å². The number of hydrogen-bond donors (Lipinski definition) is 1. The second-order valence-corrected chi connectivity index (χ2v) is 6.47. The first-order valence-electron chi connectivity index (χ1n) is 8.48. The predicted octanol–water partition coefficient (Wildman–Crippen LogP) is 2.97. The number of nitrogens with two attached hydrogens (primary N) is 1. The lowest BCUT2D eigenvalue weighted by Gasteiger charge is -2.09. The maximum absolute atomic E-state index is 12.8. The van der Waals surface area contributed by atoms with Crippen molar-refractivity contribution in [1.29, 1.82) is 0 Å². The van der Waals surface area contributed by atoms with Gasteiger partial charge in [-0.3, -0.25) is 9.59 Å². The summed E-state index contributed by atoms with van der Waals surface area (Å²) in [6.07, 6.45) is 3.72. The van der Waals surface area contributed by atoms with E-state index < -0.39 is 5.91 Å². The van der Waals surface area contributed by atoms with Crippen LogP contribution in [-0.4, -0.2) is 22.9 Å². The fourth-order valence-corrected chi connectivity index (χ4v) is 3.30. The molecule has 0 saturated carbocycles. The second-order valence-electron chi connectivity index (χ2n) is 6.47. The number of carbonyl (C=O) groups excluding carboxylic acids is 2. The average molecular weight is 362 g/mol. The van der Waals surface area contributed by atoms with Crippen molar-refractivity contribution in [2.75, 3.05) is 6.61 Å². The number of hydrogen-bond acceptors (Lipinski definition) is 4. The van der Waals surface area contributed by atoms with Crippen molar-refractivity contribution in [2.24, 2.45) is 12.8 Å². The van der Waals surface area contributed by atoms with E-state index in [9.17, 15) is 9.59 Å². The van der Waals surface area contributed by atoms with Crippen LogP contribution in [0.25, 0.3) is 17.0 Å². The molecule has 0 aliphatic carbocycles. The molecule has 1 aliphatic rings. The van der Waals surface area contributed by atoms with Crippen molar-refractivity contribution in [3.63, 3.8) is 0 Å². The molecular weight excluding hydrogens is 344 g/mol. The quantitative estimate of drug-likeness (QED) is 0.723. The lowest BCUT2D eigenvalue weighted by Crippen LogP contribution is -2.20. The van der Waals surface area contributed by atoms with Gasteiger partial charge in [-0.15, -0.1) is 0 Å². The fourth-order valence-electron chi connectivity index (χ4n) is 3.30. The third-order valence-electron chi connectivity index (χ3n) is 4.62. The van der Waals surface area contributed by atoms with Gasteiger partial charge in [0.1, 0.15) is 11.5 Å². The molecule has 6 nitrogen and oxygen atoms in total. The molecule has 0 saturated heterocycles. The monoisotopic (exact) mass is 362 g/mol. The first-order valence-corrected chi connectivity index (χ1v) is 8.48. The maximum Gasteiger partial charge on any atom is 0.255 e. The van der Waals surface area contributed by atoms with Crippen molar-refractivity contribution < 1.29 is 19.1 Å². The van der Waals surface area contributed by atoms with E-state index in [1.807, 2.05) is 42.1 Å². The molecule has 0 atom stereocenters. The number of amides is 1. The van der Waals surface area contributed by atoms with E-state index in [0.717, 1.165) is 16.5 Å². The normalized spacial score (nSPS) is 14.4. The number of carbonyl (C=O) groups is 2. The second kappa shape index (κ2) is 6.32. The molecule has 27 heavy (non-hydrogen) atoms. The Balaban J connectivity index is 1.71. The molecule has 3 aromatic rings. The summed E-state index contributed by atoms with van der Waals surface area (Å²) in [6, 6.07) is 11.3. The van der Waals surface area contributed by atoms with Crippen molar-refractivity contribution in [3.05, 3.63) is 65.0 Å². The van der Waals surface area contributed by atoms with Crippen molar-refractivity contribution in [1.82, 2.24) is 4.57 Å². The van der Waals surface area contributed by atoms with Crippen LogP contribution in [0, 0.1) is 6.92 Å². The van der Waals surface area contributed by atoms with Gasteiger partial charge in [0.25, 0.3) is 5.91 Å². The summed E-state index contributed by atoms with van der Waals surface area (Å²) in [5.74, 6) is 0.433. The highest BCUT2D eigenvalue weighted by Gasteiger charge is 2.30. The highest BCUT2D eigenvalue weighted by molar-refractivity contribution is 6.15. The molecule has 2 N–H and O–H groups in total. The number of aromatic nitrogens is 1. The van der Waals surface area contributed by atoms with Gasteiger partial charge in [0.15, 0.2) is 12.4 Å². The predicted molar refractivity (Wildman–Crippen MR) is 102 cm³/mol. The topological polar surface area (TPSA) is 83.5 Å². The Bertz CT molecular complexity index is 1120. The Morgan fingerprint density at radius 2 is 2.04 bits per heavy atom. The molecule has 6 heteroatoms. The standard InChI is InChI=1S/C21H18N2O4/c1-12-17(26-11-19(22)24)8-7-15-20(25)18(27-21(12)15)9-13-10-23(2)16-6-4-3-5-14(13)16/h3-10H,11H2,1-2H3,(H2,22,24)/b18-9-. The number of allylic oxidation sites excluding steroid dienone is 1. The van der Waals surface area contributed by atoms with Crippen LogP contribution in [0.3, 0.4) is 0 Å². The molecule has 1 aliphatic heterocycles. The van der Waals surface area contributed by atoms with Crippen LogP contribution in [0.1, 0.15) is 21.5 Å². The maximum atomic E-state index is 12.8. The summed E-state index contributed by atoms with van der Waals surface area (Å²) in [5.41, 5.74) is 8.24. The van der Waals surface area contributed by atoms with E-state index in [0.29, 0.717) is 22.6 Å². The molecule has 0 radical (unpaired) electrons. The molecule has 0 spiro atoms. The Morgan fingerprint density at radius 3 is 2.81 bits per heavy atom. The minimum absolute atomic E-state index is 0.178. The first kappa shape index (κ1) is 16.9. The van der Waals surface area contributed by atoms with Crippen LogP contribution in [0.2, 0.25) is 0 Å². The van der Waals surface area contributed by atoms with Crippen LogP contribution in [-0.2, 0) is 11.8 Å². The summed E-state index contributed by atoms with van der Waals surface area (Å²) in [4.78, 5) is 23.7. The number of rotatable bonds is 4. The zero-order valence-corrected chi connectivity index (χ0v) is 15.0. The zero-order chi connectivity index (χ0) is 19.1. The Morgan fingerprint density at radius 1 is 1.26 bits per heavy atom. The van der Waals surface area contributed by atoms with Gasteiger partial charge in [0.05, 0.1) is 5.56 Å². The van der Waals surface area contributed by atoms with E-state index in [-0.39, 0.29) is 18.1 Å². The lowest BCUT2D eigenvalue weighted by molar-refractivity contribution is -0.119. The molecule has 4 rings (SSSR count). The van der Waals surface area contributed by atoms with Crippen molar-refractivity contribution >= 4 is 28.7 Å². The van der Waals surface area contributed by atoms with Gasteiger partial charge in [0, 0.05) is 35.3 Å². The van der Waals surface area contributed by atoms with E-state index in [1.165, 1.54) is 0 Å². The minimum atomic E-state index is -0.566. The number of aryl methyl sites for hydroxylation is 1. The van der Waals surface area contributed by atoms with Crippen LogP contribution in [0.15, 0.2) is 48.4 Å². The fraction of sp³-hybridized carbons (Fsp3) is 0.143. The van der Waals surface area contributed by atoms with Gasteiger partial charge in [0.2, 0.25) is 5.78 Å². The summed E-state index contributed by atoms with van der Waals surface area (Å²) < 4.78 is 13.3. The number of para-hydroxylation sites is 1. The third kappa shape index (κ3) is 2.85. The molecule has 0 unspecified atom stereocenters. The number of ether oxygens (including phenoxy) is 2. The molecule has 0 bridgehead atoms. The number of ketones is 1. The van der Waals surface area contributed by atoms with Crippen molar-refractivity contribution in [3.8, 4) is 11.5 Å². The lowest BCUT2D eigenvalue weighted by atomic mass is 10.1. The van der Waals surface area contributed by atoms with Gasteiger partial charge in [-0.05, 0) is 31.2 Å². The van der Waals surface area contributed by atoms with Crippen LogP contribution < -0.4 is 15.2 Å². The number of nitrogens with zero attached hydrogens (tertiary/aromatic N) is 1. The smallest absolute Gasteiger partial charge is 0.255 e. The number of primary amides is 1. The van der Waals surface area contributed by atoms with Gasteiger partial charge < -0.3 is 19.8 Å². The van der Waals surface area contributed by atoms with Crippen molar-refractivity contribution in [2.45, 2.75) is 6.92 Å². The Kier molecular flexibility index (Phi) is 3.96. The third-order valence-corrected chi connectivity index (χ3v) is 4.62. The molecule has 1 amide bonds. The van der Waals surface area contributed by atoms with E-state index in [2.05, 4.69) is 0 Å². The van der Waals surface area contributed by atoms with Gasteiger partial charge in [-0.2, -0.15) is 0 Å². The summed E-state index contributed by atoms with van der Waals surface area (Å²) in [7, 11) is 1.96. The van der Waals surface area contributed by atoms with Crippen LogP contribution >= 0.6 is 0 Å². The molecule has 0 fully saturated rings. The summed E-state index contributed by atoms with van der Waals surface area (Å²) >= 11 is 0. The van der Waals surface area contributed by atoms with E-state index >= 15 is 0 Å². The van der Waals surface area contributed by atoms with Crippen LogP contribution in [0.5, 0.6) is 11.5 Å². The first-order chi connectivity index (χ1) is 13.0. The highest BCUT2D eigenvalue weighted by atomic mass is 16.5. The average Bonchev–Trinajstić information content (AvgIpc) is 3.13. The minimum Gasteiger partial charge on any atom is -0.483 e. The van der Waals surface area contributed by atoms with E-state index in [1.54, 1.807) is 25.1 Å². The summed E-state index contributed by atoms with van der Waals surface area (Å²) in [5, 5.41) is 1.04. The highest BCUT2D eigenvalue weighted by Crippen LogP contribution is 2.39. The molecular formula is C21H18N2O4. The number of Topliss-reactive ketones (excluding diaryl/α,β-unsaturated/α-hetero) is 1. The number of benzene rings is 2. The Hall–Kier alpha value is -3.54. The largest absolute Gasteiger partial charge is 0.483 e. The molecule has 136 valence electrons.